The molecule has 132 valence electrons. The lowest BCUT2D eigenvalue weighted by molar-refractivity contribution is 0.0900. The van der Waals surface area contributed by atoms with Crippen LogP contribution >= 0.6 is 23.2 Å². The van der Waals surface area contributed by atoms with Crippen LogP contribution in [0.1, 0.15) is 29.6 Å². The Morgan fingerprint density at radius 2 is 1.83 bits per heavy atom. The molecule has 2 heterocycles. The lowest BCUT2D eigenvalue weighted by atomic mass is 10.0. The number of carbonyl (C=O) groups is 1. The number of nitrogens with one attached hydrogen (secondary N) is 1. The summed E-state index contributed by atoms with van der Waals surface area (Å²) in [6, 6.07) is 4.25. The molecule has 0 spiro atoms. The fraction of sp³-hybridized carbons (Fsp3) is 0.562. The highest BCUT2D eigenvalue weighted by Gasteiger charge is 2.42. The Balaban J connectivity index is 1.78. The third-order valence-electron chi connectivity index (χ3n) is 4.70. The van der Waals surface area contributed by atoms with Crippen molar-refractivity contribution in [2.75, 3.05) is 24.6 Å². The van der Waals surface area contributed by atoms with E-state index >= 15 is 0 Å². The highest BCUT2D eigenvalue weighted by molar-refractivity contribution is 7.91. The van der Waals surface area contributed by atoms with Crippen molar-refractivity contribution < 1.29 is 13.2 Å². The molecule has 0 bridgehead atoms. The Labute approximate surface area is 152 Å². The summed E-state index contributed by atoms with van der Waals surface area (Å²) in [6.45, 7) is 1.76. The van der Waals surface area contributed by atoms with E-state index in [0.717, 1.165) is 25.9 Å². The molecule has 2 aliphatic rings. The molecule has 2 aliphatic heterocycles. The van der Waals surface area contributed by atoms with Gasteiger partial charge in [0.1, 0.15) is 0 Å². The molecule has 3 rings (SSSR count). The standard InChI is InChI=1S/C16H20Cl2N2O3S/c17-12-6-4-5-11(15(12)18)16(21)19-13-9-24(22,23)10-14(13)20-7-2-1-3-8-20/h4-6,13-14H,1-3,7-10H2,(H,19,21)/t13-,14-/m1/s1. The molecule has 0 saturated carbocycles. The van der Waals surface area contributed by atoms with Crippen molar-refractivity contribution in [3.05, 3.63) is 33.8 Å². The number of sulfone groups is 1. The second-order valence-electron chi connectivity index (χ2n) is 6.42. The molecule has 0 aromatic heterocycles. The molecule has 1 aromatic carbocycles. The van der Waals surface area contributed by atoms with Crippen molar-refractivity contribution in [3.63, 3.8) is 0 Å². The first-order valence-electron chi connectivity index (χ1n) is 8.07. The Hall–Kier alpha value is -0.820. The molecular weight excluding hydrogens is 371 g/mol. The summed E-state index contributed by atoms with van der Waals surface area (Å²) in [5.74, 6) is -0.314. The SMILES string of the molecule is O=C(N[C@@H]1CS(=O)(=O)C[C@H]1N1CCCCC1)c1cccc(Cl)c1Cl. The molecule has 24 heavy (non-hydrogen) atoms. The first-order valence-corrected chi connectivity index (χ1v) is 10.6. The van der Waals surface area contributed by atoms with Crippen molar-refractivity contribution in [1.29, 1.82) is 0 Å². The number of likely N-dealkylation sites (tertiary alicyclic amines) is 1. The van der Waals surface area contributed by atoms with Crippen LogP contribution in [0.25, 0.3) is 0 Å². The molecule has 0 unspecified atom stereocenters. The average molecular weight is 391 g/mol. The number of halogens is 2. The van der Waals surface area contributed by atoms with Crippen LogP contribution in [0.15, 0.2) is 18.2 Å². The number of piperidine rings is 1. The largest absolute Gasteiger partial charge is 0.347 e. The molecule has 2 atom stereocenters. The van der Waals surface area contributed by atoms with Crippen LogP contribution < -0.4 is 5.32 Å². The van der Waals surface area contributed by atoms with Crippen molar-refractivity contribution in [2.45, 2.75) is 31.3 Å². The van der Waals surface area contributed by atoms with Gasteiger partial charge in [0.2, 0.25) is 0 Å². The van der Waals surface area contributed by atoms with Crippen LogP contribution in [-0.2, 0) is 9.84 Å². The summed E-state index contributed by atoms with van der Waals surface area (Å²) in [6.07, 6.45) is 3.31. The molecule has 8 heteroatoms. The van der Waals surface area contributed by atoms with Crippen LogP contribution in [0.4, 0.5) is 0 Å². The predicted octanol–water partition coefficient (Wildman–Crippen LogP) is 2.37. The van der Waals surface area contributed by atoms with Gasteiger partial charge in [0.05, 0.1) is 33.2 Å². The van der Waals surface area contributed by atoms with Gasteiger partial charge in [-0.25, -0.2) is 8.42 Å². The summed E-state index contributed by atoms with van der Waals surface area (Å²) in [5.41, 5.74) is 0.269. The number of hydrogen-bond donors (Lipinski definition) is 1. The molecular formula is C16H20Cl2N2O3S. The topological polar surface area (TPSA) is 66.5 Å². The smallest absolute Gasteiger partial charge is 0.253 e. The maximum atomic E-state index is 12.5. The molecule has 1 amide bonds. The van der Waals surface area contributed by atoms with Crippen LogP contribution in [0.5, 0.6) is 0 Å². The van der Waals surface area contributed by atoms with E-state index in [1.165, 1.54) is 6.42 Å². The highest BCUT2D eigenvalue weighted by Crippen LogP contribution is 2.27. The number of hydrogen-bond acceptors (Lipinski definition) is 4. The van der Waals surface area contributed by atoms with Gasteiger partial charge in [-0.05, 0) is 38.1 Å². The highest BCUT2D eigenvalue weighted by atomic mass is 35.5. The lowest BCUT2D eigenvalue weighted by Gasteiger charge is -2.35. The first-order chi connectivity index (χ1) is 11.4. The lowest BCUT2D eigenvalue weighted by Crippen LogP contribution is -2.52. The summed E-state index contributed by atoms with van der Waals surface area (Å²) in [5, 5.41) is 3.35. The fourth-order valence-corrected chi connectivity index (χ4v) is 5.84. The van der Waals surface area contributed by atoms with E-state index in [4.69, 9.17) is 23.2 Å². The second-order valence-corrected chi connectivity index (χ2v) is 9.36. The third-order valence-corrected chi connectivity index (χ3v) is 7.23. The number of rotatable bonds is 3. The molecule has 1 aromatic rings. The molecule has 2 fully saturated rings. The quantitative estimate of drug-likeness (QED) is 0.859. The Morgan fingerprint density at radius 3 is 2.54 bits per heavy atom. The van der Waals surface area contributed by atoms with E-state index < -0.39 is 15.9 Å². The van der Waals surface area contributed by atoms with E-state index in [1.54, 1.807) is 18.2 Å². The molecule has 1 N–H and O–H groups in total. The van der Waals surface area contributed by atoms with Gasteiger partial charge < -0.3 is 5.32 Å². The average Bonchev–Trinajstić information content (AvgIpc) is 2.85. The predicted molar refractivity (Wildman–Crippen MR) is 95.6 cm³/mol. The molecule has 0 radical (unpaired) electrons. The van der Waals surface area contributed by atoms with Gasteiger partial charge in [-0.2, -0.15) is 0 Å². The first kappa shape index (κ1) is 18.0. The number of nitrogens with zero attached hydrogens (tertiary/aromatic N) is 1. The zero-order chi connectivity index (χ0) is 17.3. The van der Waals surface area contributed by atoms with Crippen LogP contribution in [0.3, 0.4) is 0 Å². The molecule has 2 saturated heterocycles. The van der Waals surface area contributed by atoms with Gasteiger partial charge in [-0.1, -0.05) is 35.7 Å². The fourth-order valence-electron chi connectivity index (χ4n) is 3.50. The van der Waals surface area contributed by atoms with Gasteiger partial charge in [-0.15, -0.1) is 0 Å². The minimum absolute atomic E-state index is 0.0297. The maximum Gasteiger partial charge on any atom is 0.253 e. The van der Waals surface area contributed by atoms with E-state index in [0.29, 0.717) is 5.02 Å². The third kappa shape index (κ3) is 3.87. The number of benzene rings is 1. The number of carbonyl (C=O) groups excluding carboxylic acids is 1. The maximum absolute atomic E-state index is 12.5. The monoisotopic (exact) mass is 390 g/mol. The van der Waals surface area contributed by atoms with E-state index in [-0.39, 0.29) is 34.0 Å². The minimum atomic E-state index is -3.16. The minimum Gasteiger partial charge on any atom is -0.347 e. The zero-order valence-corrected chi connectivity index (χ0v) is 15.5. The normalized spacial score (nSPS) is 27.1. The van der Waals surface area contributed by atoms with Crippen LogP contribution in [0.2, 0.25) is 10.0 Å². The van der Waals surface area contributed by atoms with Gasteiger partial charge in [0.25, 0.3) is 5.91 Å². The summed E-state index contributed by atoms with van der Waals surface area (Å²) in [7, 11) is -3.16. The molecule has 0 aliphatic carbocycles. The Bertz CT molecular complexity index is 733. The summed E-state index contributed by atoms with van der Waals surface area (Å²) < 4.78 is 24.2. The Morgan fingerprint density at radius 1 is 1.12 bits per heavy atom. The summed E-state index contributed by atoms with van der Waals surface area (Å²) in [4.78, 5) is 14.7. The zero-order valence-electron chi connectivity index (χ0n) is 13.2. The van der Waals surface area contributed by atoms with Crippen molar-refractivity contribution in [1.82, 2.24) is 10.2 Å². The van der Waals surface area contributed by atoms with Crippen LogP contribution in [-0.4, -0.2) is 55.9 Å². The van der Waals surface area contributed by atoms with Gasteiger partial charge in [0.15, 0.2) is 9.84 Å². The summed E-state index contributed by atoms with van der Waals surface area (Å²) >= 11 is 12.0. The van der Waals surface area contributed by atoms with Crippen molar-refractivity contribution in [3.8, 4) is 0 Å². The number of amides is 1. The second kappa shape index (κ2) is 7.20. The van der Waals surface area contributed by atoms with E-state index in [2.05, 4.69) is 10.2 Å². The van der Waals surface area contributed by atoms with Gasteiger partial charge in [-0.3, -0.25) is 9.69 Å². The van der Waals surface area contributed by atoms with E-state index in [1.807, 2.05) is 0 Å². The van der Waals surface area contributed by atoms with Crippen molar-refractivity contribution in [2.24, 2.45) is 0 Å². The Kier molecular flexibility index (Phi) is 5.39. The van der Waals surface area contributed by atoms with Crippen LogP contribution in [0, 0.1) is 0 Å². The van der Waals surface area contributed by atoms with E-state index in [9.17, 15) is 13.2 Å². The van der Waals surface area contributed by atoms with Crippen molar-refractivity contribution >= 4 is 38.9 Å². The van der Waals surface area contributed by atoms with Gasteiger partial charge >= 0.3 is 0 Å². The van der Waals surface area contributed by atoms with Gasteiger partial charge in [0, 0.05) is 6.04 Å². The molecule has 5 nitrogen and oxygen atoms in total.